The minimum atomic E-state index is -0.882. The summed E-state index contributed by atoms with van der Waals surface area (Å²) in [7, 11) is 0. The van der Waals surface area contributed by atoms with Crippen molar-refractivity contribution in [3.63, 3.8) is 0 Å². The van der Waals surface area contributed by atoms with Gasteiger partial charge in [0.05, 0.1) is 17.7 Å². The van der Waals surface area contributed by atoms with E-state index in [-0.39, 0.29) is 12.2 Å². The molecule has 0 unspecified atom stereocenters. The normalized spacial score (nSPS) is 9.67. The average Bonchev–Trinajstić information content (AvgIpc) is 2.17. The number of carbonyl (C=O) groups is 1. The number of ether oxygens (including phenoxy) is 1. The zero-order valence-electron chi connectivity index (χ0n) is 7.84. The third-order valence-electron chi connectivity index (χ3n) is 1.58. The summed E-state index contributed by atoms with van der Waals surface area (Å²) in [4.78, 5) is 24.4. The van der Waals surface area contributed by atoms with Crippen LogP contribution in [0.5, 0.6) is 5.75 Å². The van der Waals surface area contributed by atoms with Crippen LogP contribution in [0.2, 0.25) is 0 Å². The lowest BCUT2D eigenvalue weighted by Crippen LogP contribution is -2.08. The van der Waals surface area contributed by atoms with E-state index in [0.717, 1.165) is 12.4 Å². The Morgan fingerprint density at radius 2 is 2.33 bits per heavy atom. The summed E-state index contributed by atoms with van der Waals surface area (Å²) in [5.41, 5.74) is -1.05. The number of esters is 1. The summed E-state index contributed by atoms with van der Waals surface area (Å²) < 4.78 is 4.58. The van der Waals surface area contributed by atoms with Crippen LogP contribution in [-0.2, 0) is 4.74 Å². The Morgan fingerprint density at radius 3 is 2.87 bits per heavy atom. The summed E-state index contributed by atoms with van der Waals surface area (Å²) in [6.07, 6.45) is 1.87. The van der Waals surface area contributed by atoms with Gasteiger partial charge in [-0.15, -0.1) is 0 Å². The molecular formula is C8H8N2O5. The van der Waals surface area contributed by atoms with Crippen molar-refractivity contribution in [3.8, 4) is 5.75 Å². The number of aromatic nitrogens is 1. The molecule has 0 aliphatic carbocycles. The van der Waals surface area contributed by atoms with Crippen molar-refractivity contribution in [1.82, 2.24) is 4.98 Å². The van der Waals surface area contributed by atoms with Crippen LogP contribution >= 0.6 is 0 Å². The Hall–Kier alpha value is -2.18. The SMILES string of the molecule is CCOC(=O)c1cncc(O)c1[N+](=O)[O-]. The molecule has 0 spiro atoms. The van der Waals surface area contributed by atoms with Crippen LogP contribution in [0.25, 0.3) is 0 Å². The first kappa shape index (κ1) is 10.9. The highest BCUT2D eigenvalue weighted by atomic mass is 16.6. The first-order valence-corrected chi connectivity index (χ1v) is 4.06. The molecule has 0 atom stereocenters. The van der Waals surface area contributed by atoms with E-state index in [1.165, 1.54) is 0 Å². The molecule has 0 aliphatic rings. The fraction of sp³-hybridized carbons (Fsp3) is 0.250. The topological polar surface area (TPSA) is 103 Å². The summed E-state index contributed by atoms with van der Waals surface area (Å²) in [5.74, 6) is -1.54. The summed E-state index contributed by atoms with van der Waals surface area (Å²) in [5, 5.41) is 19.7. The Bertz CT molecular complexity index is 404. The molecule has 7 nitrogen and oxygen atoms in total. The minimum Gasteiger partial charge on any atom is -0.501 e. The van der Waals surface area contributed by atoms with Gasteiger partial charge < -0.3 is 9.84 Å². The van der Waals surface area contributed by atoms with Gasteiger partial charge in [0.1, 0.15) is 0 Å². The molecule has 1 aromatic heterocycles. The second kappa shape index (κ2) is 4.36. The lowest BCUT2D eigenvalue weighted by Gasteiger charge is -2.02. The fourth-order valence-corrected chi connectivity index (χ4v) is 0.993. The maximum absolute atomic E-state index is 11.2. The second-order valence-corrected chi connectivity index (χ2v) is 2.53. The van der Waals surface area contributed by atoms with Gasteiger partial charge in [-0.2, -0.15) is 0 Å². The highest BCUT2D eigenvalue weighted by Crippen LogP contribution is 2.28. The molecule has 1 heterocycles. The summed E-state index contributed by atoms with van der Waals surface area (Å²) >= 11 is 0. The van der Waals surface area contributed by atoms with Crippen LogP contribution in [-0.4, -0.2) is 27.6 Å². The predicted molar refractivity (Wildman–Crippen MR) is 48.5 cm³/mol. The van der Waals surface area contributed by atoms with Crippen molar-refractivity contribution in [2.75, 3.05) is 6.61 Å². The smallest absolute Gasteiger partial charge is 0.346 e. The largest absolute Gasteiger partial charge is 0.501 e. The molecule has 0 aliphatic heterocycles. The molecule has 0 bridgehead atoms. The average molecular weight is 212 g/mol. The lowest BCUT2D eigenvalue weighted by molar-refractivity contribution is -0.386. The number of pyridine rings is 1. The van der Waals surface area contributed by atoms with Crippen LogP contribution in [0.4, 0.5) is 5.69 Å². The van der Waals surface area contributed by atoms with E-state index in [0.29, 0.717) is 0 Å². The Kier molecular flexibility index (Phi) is 3.17. The molecule has 0 aromatic carbocycles. The standard InChI is InChI=1S/C8H8N2O5/c1-2-15-8(12)5-3-9-4-6(11)7(5)10(13)14/h3-4,11H,2H2,1H3. The number of nitro groups is 1. The van der Waals surface area contributed by atoms with Crippen molar-refractivity contribution in [3.05, 3.63) is 28.1 Å². The zero-order valence-corrected chi connectivity index (χ0v) is 7.84. The van der Waals surface area contributed by atoms with Gasteiger partial charge >= 0.3 is 11.7 Å². The maximum atomic E-state index is 11.2. The molecule has 0 saturated carbocycles. The van der Waals surface area contributed by atoms with Gasteiger partial charge in [0.2, 0.25) is 5.75 Å². The van der Waals surface area contributed by atoms with Crippen molar-refractivity contribution in [2.45, 2.75) is 6.92 Å². The highest BCUT2D eigenvalue weighted by molar-refractivity contribution is 5.94. The first-order valence-electron chi connectivity index (χ1n) is 4.06. The van der Waals surface area contributed by atoms with E-state index in [1.807, 2.05) is 0 Å². The molecule has 0 radical (unpaired) electrons. The molecule has 0 fully saturated rings. The van der Waals surface area contributed by atoms with E-state index in [9.17, 15) is 14.9 Å². The first-order chi connectivity index (χ1) is 7.07. The van der Waals surface area contributed by atoms with Crippen LogP contribution in [0.3, 0.4) is 0 Å². The molecule has 0 amide bonds. The maximum Gasteiger partial charge on any atom is 0.346 e. The molecule has 0 saturated heterocycles. The third-order valence-corrected chi connectivity index (χ3v) is 1.58. The highest BCUT2D eigenvalue weighted by Gasteiger charge is 2.25. The molecule has 1 aromatic rings. The Morgan fingerprint density at radius 1 is 1.67 bits per heavy atom. The fourth-order valence-electron chi connectivity index (χ4n) is 0.993. The molecular weight excluding hydrogens is 204 g/mol. The summed E-state index contributed by atoms with van der Waals surface area (Å²) in [6.45, 7) is 1.66. The number of nitrogens with zero attached hydrogens (tertiary/aromatic N) is 2. The number of rotatable bonds is 3. The van der Waals surface area contributed by atoms with E-state index in [4.69, 9.17) is 5.11 Å². The lowest BCUT2D eigenvalue weighted by atomic mass is 10.2. The van der Waals surface area contributed by atoms with Crippen LogP contribution < -0.4 is 0 Å². The number of hydrogen-bond donors (Lipinski definition) is 1. The van der Waals surface area contributed by atoms with Crippen molar-refractivity contribution >= 4 is 11.7 Å². The van der Waals surface area contributed by atoms with Gasteiger partial charge in [-0.1, -0.05) is 0 Å². The van der Waals surface area contributed by atoms with Crippen LogP contribution in [0.1, 0.15) is 17.3 Å². The van der Waals surface area contributed by atoms with Gasteiger partial charge in [0.15, 0.2) is 5.56 Å². The molecule has 1 rings (SSSR count). The van der Waals surface area contributed by atoms with Crippen LogP contribution in [0.15, 0.2) is 12.4 Å². The van der Waals surface area contributed by atoms with Gasteiger partial charge in [-0.25, -0.2) is 4.79 Å². The number of carbonyl (C=O) groups excluding carboxylic acids is 1. The number of hydrogen-bond acceptors (Lipinski definition) is 6. The van der Waals surface area contributed by atoms with E-state index < -0.39 is 22.3 Å². The van der Waals surface area contributed by atoms with Gasteiger partial charge in [-0.05, 0) is 6.92 Å². The summed E-state index contributed by atoms with van der Waals surface area (Å²) in [6, 6.07) is 0. The van der Waals surface area contributed by atoms with E-state index in [1.54, 1.807) is 6.92 Å². The van der Waals surface area contributed by atoms with Crippen molar-refractivity contribution in [1.29, 1.82) is 0 Å². The van der Waals surface area contributed by atoms with Gasteiger partial charge in [0, 0.05) is 6.20 Å². The Balaban J connectivity index is 3.23. The van der Waals surface area contributed by atoms with Crippen LogP contribution in [0, 0.1) is 10.1 Å². The molecule has 1 N–H and O–H groups in total. The van der Waals surface area contributed by atoms with Gasteiger partial charge in [-0.3, -0.25) is 15.1 Å². The molecule has 80 valence electrons. The zero-order chi connectivity index (χ0) is 11.4. The van der Waals surface area contributed by atoms with Crippen molar-refractivity contribution in [2.24, 2.45) is 0 Å². The monoisotopic (exact) mass is 212 g/mol. The Labute approximate surface area is 84.5 Å². The predicted octanol–water partition coefficient (Wildman–Crippen LogP) is 0.872. The van der Waals surface area contributed by atoms with E-state index in [2.05, 4.69) is 9.72 Å². The minimum absolute atomic E-state index is 0.0889. The van der Waals surface area contributed by atoms with E-state index >= 15 is 0 Å². The van der Waals surface area contributed by atoms with Crippen molar-refractivity contribution < 1.29 is 19.6 Å². The van der Waals surface area contributed by atoms with Gasteiger partial charge in [0.25, 0.3) is 0 Å². The molecule has 15 heavy (non-hydrogen) atoms. The third kappa shape index (κ3) is 2.19. The quantitative estimate of drug-likeness (QED) is 0.453. The molecule has 7 heteroatoms. The second-order valence-electron chi connectivity index (χ2n) is 2.53. The number of aromatic hydroxyl groups is 1.